The van der Waals surface area contributed by atoms with Gasteiger partial charge in [0.2, 0.25) is 5.91 Å². The van der Waals surface area contributed by atoms with Gasteiger partial charge in [0.15, 0.2) is 0 Å². The van der Waals surface area contributed by atoms with Gasteiger partial charge < -0.3 is 10.2 Å². The second-order valence-electron chi connectivity index (χ2n) is 4.99. The number of halogens is 1. The van der Waals surface area contributed by atoms with Gasteiger partial charge in [-0.2, -0.15) is 0 Å². The SMILES string of the molecule is CC1CNCCN1C(=O)CC1CCCC1.Cl. The number of amides is 1. The Morgan fingerprint density at radius 1 is 1.38 bits per heavy atom. The molecule has 1 saturated heterocycles. The summed E-state index contributed by atoms with van der Waals surface area (Å²) in [6, 6.07) is 0.382. The van der Waals surface area contributed by atoms with E-state index in [1.165, 1.54) is 25.7 Å². The molecule has 1 heterocycles. The maximum absolute atomic E-state index is 12.1. The summed E-state index contributed by atoms with van der Waals surface area (Å²) in [7, 11) is 0. The fraction of sp³-hybridized carbons (Fsp3) is 0.917. The van der Waals surface area contributed by atoms with E-state index in [2.05, 4.69) is 17.1 Å². The van der Waals surface area contributed by atoms with Crippen molar-refractivity contribution in [3.8, 4) is 0 Å². The van der Waals surface area contributed by atoms with Gasteiger partial charge in [-0.25, -0.2) is 0 Å². The molecule has 0 aromatic heterocycles. The fourth-order valence-corrected chi connectivity index (χ4v) is 2.79. The molecule has 0 aromatic carbocycles. The van der Waals surface area contributed by atoms with Crippen molar-refractivity contribution in [3.63, 3.8) is 0 Å². The smallest absolute Gasteiger partial charge is 0.223 e. The van der Waals surface area contributed by atoms with Crippen LogP contribution in [0.5, 0.6) is 0 Å². The van der Waals surface area contributed by atoms with Crippen molar-refractivity contribution >= 4 is 18.3 Å². The number of nitrogens with zero attached hydrogens (tertiary/aromatic N) is 1. The number of piperazine rings is 1. The zero-order valence-electron chi connectivity index (χ0n) is 10.1. The highest BCUT2D eigenvalue weighted by Crippen LogP contribution is 2.28. The lowest BCUT2D eigenvalue weighted by Gasteiger charge is -2.34. The first kappa shape index (κ1) is 13.8. The average molecular weight is 247 g/mol. The molecule has 2 aliphatic rings. The van der Waals surface area contributed by atoms with Crippen molar-refractivity contribution in [1.29, 1.82) is 0 Å². The molecule has 1 N–H and O–H groups in total. The van der Waals surface area contributed by atoms with Gasteiger partial charge in [-0.05, 0) is 25.7 Å². The second-order valence-corrected chi connectivity index (χ2v) is 4.99. The van der Waals surface area contributed by atoms with E-state index in [1.54, 1.807) is 0 Å². The fourth-order valence-electron chi connectivity index (χ4n) is 2.79. The Balaban J connectivity index is 0.00000128. The third-order valence-electron chi connectivity index (χ3n) is 3.76. The van der Waals surface area contributed by atoms with Crippen LogP contribution in [0, 0.1) is 5.92 Å². The number of carbonyl (C=O) groups excluding carboxylic acids is 1. The lowest BCUT2D eigenvalue weighted by molar-refractivity contribution is -0.134. The van der Waals surface area contributed by atoms with E-state index >= 15 is 0 Å². The van der Waals surface area contributed by atoms with Crippen LogP contribution >= 0.6 is 12.4 Å². The molecule has 1 atom stereocenters. The minimum Gasteiger partial charge on any atom is -0.337 e. The van der Waals surface area contributed by atoms with E-state index in [9.17, 15) is 4.79 Å². The molecule has 0 spiro atoms. The minimum atomic E-state index is 0. The zero-order valence-corrected chi connectivity index (χ0v) is 10.9. The summed E-state index contributed by atoms with van der Waals surface area (Å²) in [6.45, 7) is 4.95. The molecule has 94 valence electrons. The van der Waals surface area contributed by atoms with Gasteiger partial charge in [-0.15, -0.1) is 12.4 Å². The highest BCUT2D eigenvalue weighted by molar-refractivity contribution is 5.85. The highest BCUT2D eigenvalue weighted by Gasteiger charge is 2.26. The van der Waals surface area contributed by atoms with Crippen LogP contribution < -0.4 is 5.32 Å². The standard InChI is InChI=1S/C12H22N2O.ClH/c1-10-9-13-6-7-14(10)12(15)8-11-4-2-3-5-11;/h10-11,13H,2-9H2,1H3;1H. The Labute approximate surface area is 104 Å². The van der Waals surface area contributed by atoms with E-state index in [-0.39, 0.29) is 12.4 Å². The summed E-state index contributed by atoms with van der Waals surface area (Å²) >= 11 is 0. The third kappa shape index (κ3) is 3.36. The number of hydrogen-bond donors (Lipinski definition) is 1. The molecule has 1 aliphatic carbocycles. The average Bonchev–Trinajstić information content (AvgIpc) is 2.71. The summed E-state index contributed by atoms with van der Waals surface area (Å²) in [5, 5.41) is 3.32. The molecule has 0 bridgehead atoms. The summed E-state index contributed by atoms with van der Waals surface area (Å²) in [6.07, 6.45) is 5.99. The highest BCUT2D eigenvalue weighted by atomic mass is 35.5. The van der Waals surface area contributed by atoms with Crippen molar-refractivity contribution in [3.05, 3.63) is 0 Å². The Bertz CT molecular complexity index is 229. The van der Waals surface area contributed by atoms with Gasteiger partial charge in [-0.1, -0.05) is 12.8 Å². The molecular weight excluding hydrogens is 224 g/mol. The Morgan fingerprint density at radius 2 is 2.06 bits per heavy atom. The van der Waals surface area contributed by atoms with Gasteiger partial charge in [0, 0.05) is 32.1 Å². The largest absolute Gasteiger partial charge is 0.337 e. The molecule has 2 rings (SSSR count). The molecule has 16 heavy (non-hydrogen) atoms. The maximum Gasteiger partial charge on any atom is 0.223 e. The lowest BCUT2D eigenvalue weighted by atomic mass is 10.0. The molecule has 1 unspecified atom stereocenters. The van der Waals surface area contributed by atoms with Crippen LogP contribution in [-0.2, 0) is 4.79 Å². The molecule has 1 saturated carbocycles. The van der Waals surface area contributed by atoms with Crippen LogP contribution in [0.15, 0.2) is 0 Å². The van der Waals surface area contributed by atoms with Crippen LogP contribution in [0.1, 0.15) is 39.0 Å². The van der Waals surface area contributed by atoms with Crippen molar-refractivity contribution in [1.82, 2.24) is 10.2 Å². The maximum atomic E-state index is 12.1. The van der Waals surface area contributed by atoms with E-state index in [1.807, 2.05) is 0 Å². The zero-order chi connectivity index (χ0) is 10.7. The topological polar surface area (TPSA) is 32.3 Å². The first-order chi connectivity index (χ1) is 7.27. The van der Waals surface area contributed by atoms with Crippen molar-refractivity contribution < 1.29 is 4.79 Å². The summed E-state index contributed by atoms with van der Waals surface area (Å²) in [5.74, 6) is 1.07. The number of hydrogen-bond acceptors (Lipinski definition) is 2. The molecule has 4 heteroatoms. The van der Waals surface area contributed by atoms with E-state index in [0.717, 1.165) is 26.1 Å². The molecular formula is C12H23ClN2O. The van der Waals surface area contributed by atoms with Gasteiger partial charge in [-0.3, -0.25) is 4.79 Å². The van der Waals surface area contributed by atoms with E-state index < -0.39 is 0 Å². The first-order valence-corrected chi connectivity index (χ1v) is 6.27. The molecule has 2 fully saturated rings. The molecule has 3 nitrogen and oxygen atoms in total. The van der Waals surface area contributed by atoms with Crippen LogP contribution in [0.4, 0.5) is 0 Å². The van der Waals surface area contributed by atoms with Crippen LogP contribution in [0.25, 0.3) is 0 Å². The van der Waals surface area contributed by atoms with Crippen molar-refractivity contribution in [2.75, 3.05) is 19.6 Å². The summed E-state index contributed by atoms with van der Waals surface area (Å²) in [5.41, 5.74) is 0. The van der Waals surface area contributed by atoms with Gasteiger partial charge in [0.1, 0.15) is 0 Å². The Hall–Kier alpha value is -0.280. The number of carbonyl (C=O) groups is 1. The predicted molar refractivity (Wildman–Crippen MR) is 67.9 cm³/mol. The Morgan fingerprint density at radius 3 is 2.69 bits per heavy atom. The summed E-state index contributed by atoms with van der Waals surface area (Å²) in [4.78, 5) is 14.1. The lowest BCUT2D eigenvalue weighted by Crippen LogP contribution is -2.52. The predicted octanol–water partition coefficient (Wildman–Crippen LogP) is 1.81. The monoisotopic (exact) mass is 246 g/mol. The summed E-state index contributed by atoms with van der Waals surface area (Å²) < 4.78 is 0. The third-order valence-corrected chi connectivity index (χ3v) is 3.76. The van der Waals surface area contributed by atoms with Crippen molar-refractivity contribution in [2.24, 2.45) is 5.92 Å². The van der Waals surface area contributed by atoms with Gasteiger partial charge >= 0.3 is 0 Å². The van der Waals surface area contributed by atoms with Crippen molar-refractivity contribution in [2.45, 2.75) is 45.1 Å². The molecule has 0 aromatic rings. The van der Waals surface area contributed by atoms with Gasteiger partial charge in [0.05, 0.1) is 0 Å². The van der Waals surface area contributed by atoms with E-state index in [0.29, 0.717) is 17.9 Å². The van der Waals surface area contributed by atoms with Crippen LogP contribution in [-0.4, -0.2) is 36.5 Å². The minimum absolute atomic E-state index is 0. The van der Waals surface area contributed by atoms with Crippen LogP contribution in [0.3, 0.4) is 0 Å². The van der Waals surface area contributed by atoms with Crippen LogP contribution in [0.2, 0.25) is 0 Å². The first-order valence-electron chi connectivity index (χ1n) is 6.27. The Kier molecular flexibility index (Phi) is 5.56. The molecule has 1 aliphatic heterocycles. The molecule has 0 radical (unpaired) electrons. The van der Waals surface area contributed by atoms with E-state index in [4.69, 9.17) is 0 Å². The normalized spacial score (nSPS) is 26.6. The number of nitrogens with one attached hydrogen (secondary N) is 1. The van der Waals surface area contributed by atoms with Gasteiger partial charge in [0.25, 0.3) is 0 Å². The quantitative estimate of drug-likeness (QED) is 0.806. The number of rotatable bonds is 2. The molecule has 1 amide bonds. The second kappa shape index (κ2) is 6.45.